The highest BCUT2D eigenvalue weighted by atomic mass is 16.5. The Bertz CT molecular complexity index is 241. The van der Waals surface area contributed by atoms with E-state index >= 15 is 0 Å². The molecule has 0 N–H and O–H groups in total. The first-order chi connectivity index (χ1) is 8.60. The van der Waals surface area contributed by atoms with Gasteiger partial charge in [-0.25, -0.2) is 0 Å². The second-order valence-electron chi connectivity index (χ2n) is 6.24. The molecule has 0 amide bonds. The monoisotopic (exact) mass is 254 g/mol. The van der Waals surface area contributed by atoms with Crippen LogP contribution in [0.25, 0.3) is 0 Å². The molecule has 0 bridgehead atoms. The van der Waals surface area contributed by atoms with E-state index in [0.717, 1.165) is 25.2 Å². The molecule has 106 valence electrons. The minimum Gasteiger partial charge on any atom is -0.373 e. The van der Waals surface area contributed by atoms with Gasteiger partial charge in [-0.15, -0.1) is 0 Å². The summed E-state index contributed by atoms with van der Waals surface area (Å²) in [5.74, 6) is 0. The molecule has 0 aliphatic carbocycles. The summed E-state index contributed by atoms with van der Waals surface area (Å²) in [5, 5.41) is 0. The van der Waals surface area contributed by atoms with Crippen molar-refractivity contribution < 1.29 is 4.74 Å². The molecule has 0 aromatic heterocycles. The molecule has 0 radical (unpaired) electrons. The van der Waals surface area contributed by atoms with Crippen LogP contribution < -0.4 is 0 Å². The summed E-state index contributed by atoms with van der Waals surface area (Å²) in [7, 11) is 0. The number of nitrogens with zero attached hydrogens (tertiary/aromatic N) is 2. The van der Waals surface area contributed by atoms with E-state index in [1.165, 1.54) is 32.4 Å². The van der Waals surface area contributed by atoms with Gasteiger partial charge < -0.3 is 9.64 Å². The van der Waals surface area contributed by atoms with Crippen LogP contribution in [0.3, 0.4) is 0 Å². The molecule has 0 saturated carbocycles. The topological polar surface area (TPSA) is 15.7 Å². The number of hydrogen-bond acceptors (Lipinski definition) is 3. The molecular formula is C15H30N2O. The van der Waals surface area contributed by atoms with Crippen molar-refractivity contribution in [1.29, 1.82) is 0 Å². The predicted octanol–water partition coefficient (Wildman–Crippen LogP) is 2.36. The Morgan fingerprint density at radius 2 is 1.67 bits per heavy atom. The molecule has 2 heterocycles. The van der Waals surface area contributed by atoms with E-state index in [-0.39, 0.29) is 0 Å². The van der Waals surface area contributed by atoms with E-state index < -0.39 is 0 Å². The van der Waals surface area contributed by atoms with Crippen LogP contribution in [0, 0.1) is 0 Å². The lowest BCUT2D eigenvalue weighted by Crippen LogP contribution is -2.54. The summed E-state index contributed by atoms with van der Waals surface area (Å²) in [5.41, 5.74) is 0. The van der Waals surface area contributed by atoms with Gasteiger partial charge in [0.05, 0.1) is 12.2 Å². The first-order valence-electron chi connectivity index (χ1n) is 7.73. The van der Waals surface area contributed by atoms with Gasteiger partial charge in [0, 0.05) is 25.2 Å². The lowest BCUT2D eigenvalue weighted by molar-refractivity contribution is -0.0872. The average Bonchev–Trinajstić information content (AvgIpc) is 2.37. The molecule has 2 rings (SSSR count). The quantitative estimate of drug-likeness (QED) is 0.769. The van der Waals surface area contributed by atoms with Crippen LogP contribution >= 0.6 is 0 Å². The van der Waals surface area contributed by atoms with E-state index in [1.54, 1.807) is 0 Å². The van der Waals surface area contributed by atoms with Gasteiger partial charge in [0.2, 0.25) is 0 Å². The van der Waals surface area contributed by atoms with Crippen molar-refractivity contribution in [2.24, 2.45) is 0 Å². The zero-order chi connectivity index (χ0) is 13.1. The largest absolute Gasteiger partial charge is 0.373 e. The lowest BCUT2D eigenvalue weighted by Gasteiger charge is -2.44. The van der Waals surface area contributed by atoms with Gasteiger partial charge >= 0.3 is 0 Å². The first kappa shape index (κ1) is 14.3. The zero-order valence-corrected chi connectivity index (χ0v) is 12.6. The maximum Gasteiger partial charge on any atom is 0.0678 e. The second kappa shape index (κ2) is 6.36. The van der Waals surface area contributed by atoms with Crippen molar-refractivity contribution in [3.63, 3.8) is 0 Å². The summed E-state index contributed by atoms with van der Waals surface area (Å²) < 4.78 is 5.83. The van der Waals surface area contributed by atoms with Gasteiger partial charge in [-0.1, -0.05) is 6.92 Å². The van der Waals surface area contributed by atoms with Gasteiger partial charge in [-0.3, -0.25) is 4.90 Å². The Labute approximate surface area is 112 Å². The normalized spacial score (nSPS) is 34.7. The van der Waals surface area contributed by atoms with E-state index in [4.69, 9.17) is 4.74 Å². The summed E-state index contributed by atoms with van der Waals surface area (Å²) in [6.07, 6.45) is 4.76. The molecule has 0 aromatic rings. The molecule has 0 aromatic carbocycles. The Balaban J connectivity index is 1.82. The summed E-state index contributed by atoms with van der Waals surface area (Å²) in [4.78, 5) is 5.33. The Morgan fingerprint density at radius 3 is 2.17 bits per heavy atom. The third kappa shape index (κ3) is 3.46. The van der Waals surface area contributed by atoms with Crippen molar-refractivity contribution in [2.45, 2.75) is 71.2 Å². The average molecular weight is 254 g/mol. The second-order valence-corrected chi connectivity index (χ2v) is 6.24. The maximum absolute atomic E-state index is 5.83. The minimum absolute atomic E-state index is 0.404. The highest BCUT2D eigenvalue weighted by Crippen LogP contribution is 2.22. The SMILES string of the molecule is CC[C@@H](C)N1CCC(N2C[C@H](C)O[C@@H](C)C2)CC1. The smallest absolute Gasteiger partial charge is 0.0678 e. The lowest BCUT2D eigenvalue weighted by atomic mass is 9.99. The van der Waals surface area contributed by atoms with Crippen molar-refractivity contribution in [1.82, 2.24) is 9.80 Å². The summed E-state index contributed by atoms with van der Waals surface area (Å²) in [6.45, 7) is 13.9. The fraction of sp³-hybridized carbons (Fsp3) is 1.00. The van der Waals surface area contributed by atoms with Crippen LogP contribution in [0.2, 0.25) is 0 Å². The minimum atomic E-state index is 0.404. The molecule has 3 atom stereocenters. The van der Waals surface area contributed by atoms with Crippen LogP contribution in [0.15, 0.2) is 0 Å². The Morgan fingerprint density at radius 1 is 1.11 bits per heavy atom. The summed E-state index contributed by atoms with van der Waals surface area (Å²) >= 11 is 0. The van der Waals surface area contributed by atoms with E-state index in [0.29, 0.717) is 12.2 Å². The molecule has 0 unspecified atom stereocenters. The van der Waals surface area contributed by atoms with Gasteiger partial charge in [0.15, 0.2) is 0 Å². The van der Waals surface area contributed by atoms with Gasteiger partial charge in [0.25, 0.3) is 0 Å². The molecule has 2 aliphatic heterocycles. The van der Waals surface area contributed by atoms with Gasteiger partial charge in [0.1, 0.15) is 0 Å². The number of rotatable bonds is 3. The highest BCUT2D eigenvalue weighted by molar-refractivity contribution is 4.85. The number of likely N-dealkylation sites (tertiary alicyclic amines) is 1. The number of piperidine rings is 1. The molecule has 3 heteroatoms. The number of hydrogen-bond donors (Lipinski definition) is 0. The van der Waals surface area contributed by atoms with Gasteiger partial charge in [-0.05, 0) is 53.1 Å². The Kier molecular flexibility index (Phi) is 5.05. The van der Waals surface area contributed by atoms with Crippen molar-refractivity contribution in [2.75, 3.05) is 26.2 Å². The first-order valence-corrected chi connectivity index (χ1v) is 7.73. The molecule has 2 saturated heterocycles. The molecule has 3 nitrogen and oxygen atoms in total. The molecule has 2 fully saturated rings. The predicted molar refractivity (Wildman–Crippen MR) is 75.9 cm³/mol. The van der Waals surface area contributed by atoms with Crippen LogP contribution in [0.4, 0.5) is 0 Å². The molecule has 0 spiro atoms. The fourth-order valence-corrected chi connectivity index (χ4v) is 3.47. The van der Waals surface area contributed by atoms with E-state index in [2.05, 4.69) is 37.5 Å². The highest BCUT2D eigenvalue weighted by Gasteiger charge is 2.30. The zero-order valence-electron chi connectivity index (χ0n) is 12.6. The Hall–Kier alpha value is -0.120. The van der Waals surface area contributed by atoms with Crippen LogP contribution in [0.1, 0.15) is 47.0 Å². The van der Waals surface area contributed by atoms with Gasteiger partial charge in [-0.2, -0.15) is 0 Å². The maximum atomic E-state index is 5.83. The van der Waals surface area contributed by atoms with Crippen LogP contribution in [0.5, 0.6) is 0 Å². The standard InChI is InChI=1S/C15H30N2O/c1-5-12(2)16-8-6-15(7-9-16)17-10-13(3)18-14(4)11-17/h12-15H,5-11H2,1-4H3/t12-,13+,14+/m1/s1. The molecular weight excluding hydrogens is 224 g/mol. The van der Waals surface area contributed by atoms with Crippen LogP contribution in [-0.4, -0.2) is 60.3 Å². The molecule has 2 aliphatic rings. The van der Waals surface area contributed by atoms with E-state index in [1.807, 2.05) is 0 Å². The number of ether oxygens (including phenoxy) is 1. The van der Waals surface area contributed by atoms with Crippen LogP contribution in [-0.2, 0) is 4.74 Å². The van der Waals surface area contributed by atoms with Crippen molar-refractivity contribution in [3.05, 3.63) is 0 Å². The van der Waals surface area contributed by atoms with E-state index in [9.17, 15) is 0 Å². The van der Waals surface area contributed by atoms with Crippen molar-refractivity contribution >= 4 is 0 Å². The van der Waals surface area contributed by atoms with Crippen molar-refractivity contribution in [3.8, 4) is 0 Å². The third-order valence-corrected chi connectivity index (χ3v) is 4.68. The summed E-state index contributed by atoms with van der Waals surface area (Å²) in [6, 6.07) is 1.55. The number of morpholine rings is 1. The fourth-order valence-electron chi connectivity index (χ4n) is 3.47. The molecule has 18 heavy (non-hydrogen) atoms. The third-order valence-electron chi connectivity index (χ3n) is 4.68.